The number of methoxy groups -OCH3 is 1. The Hall–Kier alpha value is -3.21. The van der Waals surface area contributed by atoms with Crippen LogP contribution in [0.4, 0.5) is 0 Å². The van der Waals surface area contributed by atoms with E-state index in [0.717, 1.165) is 10.8 Å². The molecule has 0 aliphatic rings. The number of aromatic nitrogens is 3. The van der Waals surface area contributed by atoms with E-state index in [9.17, 15) is 18.0 Å². The monoisotopic (exact) mass is 488 g/mol. The van der Waals surface area contributed by atoms with Crippen LogP contribution < -0.4 is 20.7 Å². The third kappa shape index (κ3) is 4.50. The second-order valence-corrected chi connectivity index (χ2v) is 9.72. The van der Waals surface area contributed by atoms with Crippen LogP contribution in [0, 0.1) is 0 Å². The van der Waals surface area contributed by atoms with Crippen molar-refractivity contribution in [2.45, 2.75) is 13.0 Å². The number of sulfonamides is 1. The van der Waals surface area contributed by atoms with E-state index in [1.165, 1.54) is 23.9 Å². The highest BCUT2D eigenvalue weighted by atomic mass is 35.5. The zero-order valence-corrected chi connectivity index (χ0v) is 19.5. The molecular weight excluding hydrogens is 468 g/mol. The normalized spacial score (nSPS) is 11.8. The van der Waals surface area contributed by atoms with Crippen LogP contribution in [-0.4, -0.2) is 42.4 Å². The number of ether oxygens (including phenoxy) is 1. The zero-order valence-electron chi connectivity index (χ0n) is 17.9. The van der Waals surface area contributed by atoms with Crippen molar-refractivity contribution in [2.24, 2.45) is 0 Å². The molecule has 1 N–H and O–H groups in total. The number of rotatable bonds is 7. The minimum Gasteiger partial charge on any atom is -0.494 e. The molecule has 0 saturated heterocycles. The highest BCUT2D eigenvalue weighted by molar-refractivity contribution is 7.88. The minimum atomic E-state index is -3.37. The molecular formula is C22H21ClN4O5S. The fourth-order valence-electron chi connectivity index (χ4n) is 3.76. The van der Waals surface area contributed by atoms with Crippen molar-refractivity contribution >= 4 is 43.4 Å². The number of nitrogens with one attached hydrogen (secondary N) is 1. The highest BCUT2D eigenvalue weighted by Gasteiger charge is 2.19. The quantitative estimate of drug-likeness (QED) is 0.315. The summed E-state index contributed by atoms with van der Waals surface area (Å²) in [4.78, 5) is 31.4. The Balaban J connectivity index is 2.01. The molecule has 0 atom stereocenters. The van der Waals surface area contributed by atoms with E-state index in [-0.39, 0.29) is 18.5 Å². The van der Waals surface area contributed by atoms with E-state index < -0.39 is 21.3 Å². The first-order valence-corrected chi connectivity index (χ1v) is 12.3. The van der Waals surface area contributed by atoms with Crippen LogP contribution in [0.25, 0.3) is 27.5 Å². The summed E-state index contributed by atoms with van der Waals surface area (Å²) in [5, 5.41) is 1.20. The van der Waals surface area contributed by atoms with Crippen LogP contribution in [0.3, 0.4) is 0 Å². The van der Waals surface area contributed by atoms with E-state index in [1.54, 1.807) is 36.4 Å². The Bertz CT molecular complexity index is 1590. The van der Waals surface area contributed by atoms with Gasteiger partial charge < -0.3 is 4.74 Å². The van der Waals surface area contributed by atoms with E-state index in [2.05, 4.69) is 9.71 Å². The van der Waals surface area contributed by atoms with Crippen LogP contribution in [0.5, 0.6) is 5.75 Å². The summed E-state index contributed by atoms with van der Waals surface area (Å²) in [7, 11) is -1.86. The number of halogens is 1. The number of pyridine rings is 1. The number of hydrogen-bond donors (Lipinski definition) is 1. The average molecular weight is 489 g/mol. The molecule has 4 rings (SSSR count). The van der Waals surface area contributed by atoms with Crippen LogP contribution in [0.1, 0.15) is 6.42 Å². The topological polar surface area (TPSA) is 112 Å². The molecule has 0 fully saturated rings. The van der Waals surface area contributed by atoms with Gasteiger partial charge in [-0.1, -0.05) is 29.8 Å². The average Bonchev–Trinajstić information content (AvgIpc) is 2.77. The van der Waals surface area contributed by atoms with Crippen molar-refractivity contribution in [2.75, 3.05) is 19.9 Å². The Morgan fingerprint density at radius 2 is 1.88 bits per heavy atom. The van der Waals surface area contributed by atoms with Crippen molar-refractivity contribution in [3.63, 3.8) is 0 Å². The molecule has 9 nitrogen and oxygen atoms in total. The van der Waals surface area contributed by atoms with Gasteiger partial charge in [0.1, 0.15) is 11.3 Å². The predicted molar refractivity (Wildman–Crippen MR) is 128 cm³/mol. The van der Waals surface area contributed by atoms with Crippen LogP contribution in [0.15, 0.2) is 58.3 Å². The van der Waals surface area contributed by atoms with Gasteiger partial charge in [0.2, 0.25) is 10.0 Å². The van der Waals surface area contributed by atoms with Gasteiger partial charge >= 0.3 is 5.69 Å². The SMILES string of the molecule is COc1cccc2c1ncc1c(=O)n(-c3cccc(Cl)c3)c(=O)n(CCCNS(C)(=O)=O)c12. The molecule has 172 valence electrons. The number of hydrogen-bond acceptors (Lipinski definition) is 6. The van der Waals surface area contributed by atoms with E-state index >= 15 is 0 Å². The maximum absolute atomic E-state index is 13.6. The molecule has 4 aromatic rings. The standard InChI is InChI=1S/C22H21ClN4O5S/c1-32-18-9-4-8-16-19(18)24-13-17-20(16)26(11-5-10-25-33(2,30)31)22(29)27(21(17)28)15-7-3-6-14(23)12-15/h3-4,6-9,12-13,25H,5,10-11H2,1-2H3. The molecule has 0 spiro atoms. The summed E-state index contributed by atoms with van der Waals surface area (Å²) < 4.78 is 33.2. The fraction of sp³-hybridized carbons (Fsp3) is 0.227. The summed E-state index contributed by atoms with van der Waals surface area (Å²) in [5.41, 5.74) is 0.152. The number of para-hydroxylation sites is 1. The summed E-state index contributed by atoms with van der Waals surface area (Å²) in [6.45, 7) is 0.296. The van der Waals surface area contributed by atoms with Gasteiger partial charge in [-0.15, -0.1) is 0 Å². The lowest BCUT2D eigenvalue weighted by molar-refractivity contribution is 0.419. The van der Waals surface area contributed by atoms with Crippen molar-refractivity contribution in [1.29, 1.82) is 0 Å². The number of fused-ring (bicyclic) bond motifs is 3. The molecule has 0 aliphatic carbocycles. The van der Waals surface area contributed by atoms with Gasteiger partial charge in [0.25, 0.3) is 5.56 Å². The Labute approximate surface area is 194 Å². The lowest BCUT2D eigenvalue weighted by atomic mass is 10.1. The van der Waals surface area contributed by atoms with Gasteiger partial charge in [-0.2, -0.15) is 0 Å². The molecule has 2 heterocycles. The largest absolute Gasteiger partial charge is 0.494 e. The molecule has 33 heavy (non-hydrogen) atoms. The lowest BCUT2D eigenvalue weighted by Gasteiger charge is -2.16. The lowest BCUT2D eigenvalue weighted by Crippen LogP contribution is -2.39. The molecule has 0 saturated carbocycles. The molecule has 0 bridgehead atoms. The van der Waals surface area contributed by atoms with Gasteiger partial charge in [-0.3, -0.25) is 14.3 Å². The van der Waals surface area contributed by atoms with Crippen molar-refractivity contribution in [3.8, 4) is 11.4 Å². The van der Waals surface area contributed by atoms with Gasteiger partial charge in [0.05, 0.1) is 30.0 Å². The molecule has 0 aliphatic heterocycles. The summed E-state index contributed by atoms with van der Waals surface area (Å²) >= 11 is 6.10. The van der Waals surface area contributed by atoms with Crippen LogP contribution >= 0.6 is 11.6 Å². The van der Waals surface area contributed by atoms with E-state index in [0.29, 0.717) is 39.3 Å². The Morgan fingerprint density at radius 3 is 2.58 bits per heavy atom. The van der Waals surface area contributed by atoms with Gasteiger partial charge in [-0.25, -0.2) is 22.5 Å². The highest BCUT2D eigenvalue weighted by Crippen LogP contribution is 2.28. The smallest absolute Gasteiger partial charge is 0.336 e. The van der Waals surface area contributed by atoms with Crippen LogP contribution in [-0.2, 0) is 16.6 Å². The first-order chi connectivity index (χ1) is 15.7. The molecule has 11 heteroatoms. The molecule has 0 radical (unpaired) electrons. The molecule has 0 amide bonds. The maximum atomic E-state index is 13.6. The first kappa shape index (κ1) is 23.0. The zero-order chi connectivity index (χ0) is 23.8. The molecule has 2 aromatic carbocycles. The molecule has 0 unspecified atom stereocenters. The first-order valence-electron chi connectivity index (χ1n) is 10.0. The van der Waals surface area contributed by atoms with Gasteiger partial charge in [-0.05, 0) is 30.7 Å². The fourth-order valence-corrected chi connectivity index (χ4v) is 4.46. The maximum Gasteiger partial charge on any atom is 0.336 e. The van der Waals surface area contributed by atoms with Crippen molar-refractivity contribution < 1.29 is 13.2 Å². The van der Waals surface area contributed by atoms with Gasteiger partial charge in [0, 0.05) is 29.7 Å². The van der Waals surface area contributed by atoms with E-state index in [1.807, 2.05) is 0 Å². The Kier molecular flexibility index (Phi) is 6.24. The van der Waals surface area contributed by atoms with E-state index in [4.69, 9.17) is 16.3 Å². The number of aryl methyl sites for hydroxylation is 1. The van der Waals surface area contributed by atoms with Gasteiger partial charge in [0.15, 0.2) is 0 Å². The van der Waals surface area contributed by atoms with Crippen molar-refractivity contribution in [1.82, 2.24) is 18.8 Å². The summed E-state index contributed by atoms with van der Waals surface area (Å²) in [5.74, 6) is 0.506. The van der Waals surface area contributed by atoms with Crippen LogP contribution in [0.2, 0.25) is 5.02 Å². The number of benzene rings is 2. The minimum absolute atomic E-state index is 0.134. The molecule has 2 aromatic heterocycles. The van der Waals surface area contributed by atoms with Crippen molar-refractivity contribution in [3.05, 3.63) is 74.5 Å². The summed E-state index contributed by atoms with van der Waals surface area (Å²) in [6, 6.07) is 11.7. The third-order valence-corrected chi connectivity index (χ3v) is 6.13. The summed E-state index contributed by atoms with van der Waals surface area (Å²) in [6.07, 6.45) is 2.82. The second kappa shape index (κ2) is 8.97. The second-order valence-electron chi connectivity index (χ2n) is 7.45. The Morgan fingerprint density at radius 1 is 1.12 bits per heavy atom. The number of nitrogens with zero attached hydrogens (tertiary/aromatic N) is 3. The third-order valence-electron chi connectivity index (χ3n) is 5.17. The predicted octanol–water partition coefficient (Wildman–Crippen LogP) is 2.30.